The molecule has 3 aromatic rings. The van der Waals surface area contributed by atoms with Gasteiger partial charge < -0.3 is 5.11 Å². The zero-order valence-electron chi connectivity index (χ0n) is 12.1. The summed E-state index contributed by atoms with van der Waals surface area (Å²) in [6.07, 6.45) is 1.43. The number of nitrogens with zero attached hydrogens (tertiary/aromatic N) is 4. The lowest BCUT2D eigenvalue weighted by molar-refractivity contribution is -0.398. The van der Waals surface area contributed by atoms with E-state index in [0.717, 1.165) is 28.0 Å². The molecule has 3 rings (SSSR count). The van der Waals surface area contributed by atoms with E-state index in [9.17, 15) is 20.0 Å². The highest BCUT2D eigenvalue weighted by atomic mass is 35.5. The molecule has 0 saturated heterocycles. The minimum atomic E-state index is -0.752. The first-order valence-corrected chi connectivity index (χ1v) is 7.75. The maximum Gasteiger partial charge on any atom is 0.275 e. The highest BCUT2D eigenvalue weighted by Crippen LogP contribution is 2.29. The first-order valence-electron chi connectivity index (χ1n) is 6.56. The van der Waals surface area contributed by atoms with Crippen LogP contribution in [-0.2, 0) is 0 Å². The highest BCUT2D eigenvalue weighted by molar-refractivity contribution is 7.18. The molecule has 0 saturated carbocycles. The van der Waals surface area contributed by atoms with Crippen molar-refractivity contribution in [1.29, 1.82) is 0 Å². The quantitative estimate of drug-likeness (QED) is 0.520. The van der Waals surface area contributed by atoms with Crippen LogP contribution in [0, 0.1) is 17.0 Å². The normalized spacial score (nSPS) is 11.8. The Morgan fingerprint density at radius 3 is 2.88 bits per heavy atom. The molecule has 1 aromatic carbocycles. The monoisotopic (exact) mass is 363 g/mol. The molecule has 24 heavy (non-hydrogen) atoms. The van der Waals surface area contributed by atoms with Gasteiger partial charge in [0, 0.05) is 17.8 Å². The number of aromatic nitrogens is 3. The van der Waals surface area contributed by atoms with Gasteiger partial charge in [0.05, 0.1) is 9.96 Å². The van der Waals surface area contributed by atoms with Gasteiger partial charge in [0.25, 0.3) is 11.2 Å². The lowest BCUT2D eigenvalue weighted by Crippen LogP contribution is -2.14. The summed E-state index contributed by atoms with van der Waals surface area (Å²) in [7, 11) is 0. The molecule has 0 aliphatic rings. The zero-order chi connectivity index (χ0) is 17.4. The number of nitro benzene ring substituents is 1. The average molecular weight is 364 g/mol. The van der Waals surface area contributed by atoms with Crippen LogP contribution in [-0.4, -0.2) is 19.5 Å². The number of rotatable bonds is 3. The van der Waals surface area contributed by atoms with Crippen molar-refractivity contribution >= 4 is 44.7 Å². The Hall–Kier alpha value is -2.78. The second-order valence-electron chi connectivity index (χ2n) is 4.81. The molecule has 2 aromatic heterocycles. The Balaban J connectivity index is 2.05. The predicted molar refractivity (Wildman–Crippen MR) is 88.1 cm³/mol. The third-order valence-corrected chi connectivity index (χ3v) is 4.39. The second-order valence-corrected chi connectivity index (χ2v) is 6.18. The fourth-order valence-electron chi connectivity index (χ4n) is 1.99. The summed E-state index contributed by atoms with van der Waals surface area (Å²) in [5.41, 5.74) is 0.0841. The fourth-order valence-corrected chi connectivity index (χ4v) is 3.13. The van der Waals surface area contributed by atoms with Crippen LogP contribution in [0.15, 0.2) is 29.1 Å². The molecule has 2 heterocycles. The molecule has 0 bridgehead atoms. The molecular formula is C14H8ClN4O4S-. The molecule has 0 N–H and O–H groups in total. The van der Waals surface area contributed by atoms with Crippen molar-refractivity contribution in [2.75, 3.05) is 0 Å². The molecule has 0 unspecified atom stereocenters. The summed E-state index contributed by atoms with van der Waals surface area (Å²) < 4.78 is 1.13. The van der Waals surface area contributed by atoms with Crippen molar-refractivity contribution in [3.8, 4) is 5.75 Å². The second kappa shape index (κ2) is 6.02. The van der Waals surface area contributed by atoms with Crippen molar-refractivity contribution in [1.82, 2.24) is 14.6 Å². The zero-order valence-corrected chi connectivity index (χ0v) is 13.7. The molecule has 122 valence electrons. The van der Waals surface area contributed by atoms with Gasteiger partial charge in [-0.1, -0.05) is 35.1 Å². The Morgan fingerprint density at radius 2 is 2.17 bits per heavy atom. The number of halogens is 1. The molecule has 0 spiro atoms. The minimum absolute atomic E-state index is 0.176. The number of fused-ring (bicyclic) bond motifs is 1. The first kappa shape index (κ1) is 16.1. The van der Waals surface area contributed by atoms with E-state index in [1.54, 1.807) is 6.92 Å². The SMILES string of the molecule is Cc1cc(=O)n2nc(/C(Cl)=C/c3ccc([O-])c([N+](=O)[O-])c3)sc2n1. The summed E-state index contributed by atoms with van der Waals surface area (Å²) in [5.74, 6) is -0.681. The molecule has 0 radical (unpaired) electrons. The van der Waals surface area contributed by atoms with Gasteiger partial charge in [-0.05, 0) is 24.3 Å². The third-order valence-electron chi connectivity index (χ3n) is 3.05. The number of hydrogen-bond donors (Lipinski definition) is 0. The topological polar surface area (TPSA) is 113 Å². The van der Waals surface area contributed by atoms with Crippen molar-refractivity contribution in [3.63, 3.8) is 0 Å². The molecule has 8 nitrogen and oxygen atoms in total. The molecule has 0 amide bonds. The lowest BCUT2D eigenvalue weighted by atomic mass is 10.2. The maximum absolute atomic E-state index is 11.8. The van der Waals surface area contributed by atoms with Crippen LogP contribution in [0.1, 0.15) is 16.3 Å². The van der Waals surface area contributed by atoms with Gasteiger partial charge in [-0.25, -0.2) is 4.98 Å². The summed E-state index contributed by atoms with van der Waals surface area (Å²) in [5, 5.41) is 26.8. The molecule has 0 fully saturated rings. The van der Waals surface area contributed by atoms with Crippen LogP contribution >= 0.6 is 22.9 Å². The van der Waals surface area contributed by atoms with E-state index in [-0.39, 0.29) is 10.6 Å². The smallest absolute Gasteiger partial charge is 0.275 e. The van der Waals surface area contributed by atoms with Gasteiger partial charge >= 0.3 is 0 Å². The number of hydrogen-bond acceptors (Lipinski definition) is 7. The van der Waals surface area contributed by atoms with Crippen LogP contribution in [0.25, 0.3) is 16.1 Å². The maximum atomic E-state index is 11.8. The average Bonchev–Trinajstić information content (AvgIpc) is 2.93. The van der Waals surface area contributed by atoms with Crippen LogP contribution in [0.3, 0.4) is 0 Å². The Kier molecular flexibility index (Phi) is 4.04. The molecule has 10 heteroatoms. The van der Waals surface area contributed by atoms with Gasteiger partial charge in [-0.15, -0.1) is 0 Å². The summed E-state index contributed by atoms with van der Waals surface area (Å²) >= 11 is 7.31. The van der Waals surface area contributed by atoms with E-state index in [4.69, 9.17) is 11.6 Å². The summed E-state index contributed by atoms with van der Waals surface area (Å²) in [6, 6.07) is 5.00. The Morgan fingerprint density at radius 1 is 1.42 bits per heavy atom. The van der Waals surface area contributed by atoms with Crippen LogP contribution < -0.4 is 10.7 Å². The van der Waals surface area contributed by atoms with Crippen molar-refractivity contribution < 1.29 is 10.0 Å². The molecular weight excluding hydrogens is 356 g/mol. The summed E-state index contributed by atoms with van der Waals surface area (Å²) in [4.78, 5) is 26.5. The highest BCUT2D eigenvalue weighted by Gasteiger charge is 2.12. The standard InChI is InChI=1S/C14H9ClN4O4S/c1-7-4-12(21)18-14(16-7)24-13(17-18)9(15)5-8-2-3-11(20)10(6-8)19(22)23/h2-6,20H,1H3/p-1/b9-5-. The summed E-state index contributed by atoms with van der Waals surface area (Å²) in [6.45, 7) is 1.70. The van der Waals surface area contributed by atoms with E-state index in [1.165, 1.54) is 18.2 Å². The predicted octanol–water partition coefficient (Wildman–Crippen LogP) is 2.18. The molecule has 0 aliphatic carbocycles. The Bertz CT molecular complexity index is 1060. The van der Waals surface area contributed by atoms with Gasteiger partial charge in [-0.2, -0.15) is 9.61 Å². The van der Waals surface area contributed by atoms with Crippen LogP contribution in [0.4, 0.5) is 5.69 Å². The lowest BCUT2D eigenvalue weighted by Gasteiger charge is -2.06. The minimum Gasteiger partial charge on any atom is -0.868 e. The van der Waals surface area contributed by atoms with Crippen LogP contribution in [0.5, 0.6) is 5.75 Å². The van der Waals surface area contributed by atoms with Crippen molar-refractivity contribution in [3.05, 3.63) is 61.0 Å². The Labute approximate surface area is 143 Å². The van der Waals surface area contributed by atoms with Gasteiger partial charge in [0.2, 0.25) is 4.96 Å². The van der Waals surface area contributed by atoms with E-state index in [1.807, 2.05) is 0 Å². The van der Waals surface area contributed by atoms with E-state index in [0.29, 0.717) is 21.2 Å². The molecule has 0 aliphatic heterocycles. The van der Waals surface area contributed by atoms with E-state index in [2.05, 4.69) is 10.1 Å². The van der Waals surface area contributed by atoms with Crippen molar-refractivity contribution in [2.24, 2.45) is 0 Å². The van der Waals surface area contributed by atoms with E-state index < -0.39 is 16.4 Å². The first-order chi connectivity index (χ1) is 11.3. The van der Waals surface area contributed by atoms with Crippen molar-refractivity contribution in [2.45, 2.75) is 6.92 Å². The third kappa shape index (κ3) is 2.99. The van der Waals surface area contributed by atoms with Gasteiger partial charge in [0.15, 0.2) is 5.01 Å². The van der Waals surface area contributed by atoms with Crippen LogP contribution in [0.2, 0.25) is 0 Å². The fraction of sp³-hybridized carbons (Fsp3) is 0.0714. The largest absolute Gasteiger partial charge is 0.868 e. The molecule has 0 atom stereocenters. The number of nitro groups is 1. The number of benzene rings is 1. The number of aryl methyl sites for hydroxylation is 1. The van der Waals surface area contributed by atoms with Gasteiger partial charge in [-0.3, -0.25) is 14.9 Å². The van der Waals surface area contributed by atoms with Gasteiger partial charge in [0.1, 0.15) is 0 Å². The van der Waals surface area contributed by atoms with E-state index >= 15 is 0 Å².